The maximum atomic E-state index is 11.2. The Labute approximate surface area is 104 Å². The van der Waals surface area contributed by atoms with E-state index in [0.717, 1.165) is 25.9 Å². The van der Waals surface area contributed by atoms with Gasteiger partial charge in [0.2, 0.25) is 0 Å². The maximum Gasteiger partial charge on any atom is 0.157 e. The molecule has 0 aromatic heterocycles. The van der Waals surface area contributed by atoms with Crippen molar-refractivity contribution in [3.63, 3.8) is 0 Å². The van der Waals surface area contributed by atoms with Gasteiger partial charge in [0.1, 0.15) is 5.78 Å². The molecule has 3 heteroatoms. The highest BCUT2D eigenvalue weighted by atomic mass is 16.7. The molecule has 0 N–H and O–H groups in total. The van der Waals surface area contributed by atoms with Gasteiger partial charge in [0.15, 0.2) is 6.29 Å². The average molecular weight is 240 g/mol. The minimum absolute atomic E-state index is 0.0231. The van der Waals surface area contributed by atoms with Crippen LogP contribution in [0.15, 0.2) is 11.6 Å². The molecule has 1 fully saturated rings. The summed E-state index contributed by atoms with van der Waals surface area (Å²) in [6.07, 6.45) is 7.51. The van der Waals surface area contributed by atoms with E-state index in [9.17, 15) is 4.79 Å². The molecule has 0 amide bonds. The largest absolute Gasteiger partial charge is 0.353 e. The van der Waals surface area contributed by atoms with E-state index in [1.807, 2.05) is 13.8 Å². The van der Waals surface area contributed by atoms with Gasteiger partial charge in [0.25, 0.3) is 0 Å². The summed E-state index contributed by atoms with van der Waals surface area (Å²) < 4.78 is 11.1. The Morgan fingerprint density at radius 3 is 2.88 bits per heavy atom. The van der Waals surface area contributed by atoms with Crippen LogP contribution in [0.5, 0.6) is 0 Å². The fourth-order valence-corrected chi connectivity index (χ4v) is 1.76. The van der Waals surface area contributed by atoms with Gasteiger partial charge in [-0.1, -0.05) is 18.6 Å². The second-order valence-corrected chi connectivity index (χ2v) is 4.57. The quantitative estimate of drug-likeness (QED) is 0.641. The zero-order valence-corrected chi connectivity index (χ0v) is 11.0. The van der Waals surface area contributed by atoms with Crippen LogP contribution in [0.1, 0.15) is 52.4 Å². The summed E-state index contributed by atoms with van der Waals surface area (Å²) in [4.78, 5) is 11.2. The average Bonchev–Trinajstić information content (AvgIpc) is 2.37. The van der Waals surface area contributed by atoms with Crippen LogP contribution in [0.25, 0.3) is 0 Å². The monoisotopic (exact) mass is 240 g/mol. The van der Waals surface area contributed by atoms with Gasteiger partial charge >= 0.3 is 0 Å². The lowest BCUT2D eigenvalue weighted by Gasteiger charge is -2.22. The van der Waals surface area contributed by atoms with Crippen LogP contribution in [-0.2, 0) is 14.3 Å². The van der Waals surface area contributed by atoms with E-state index in [4.69, 9.17) is 9.47 Å². The normalized spacial score (nSPS) is 21.5. The number of rotatable bonds is 7. The molecule has 0 bridgehead atoms. The third kappa shape index (κ3) is 6.59. The minimum Gasteiger partial charge on any atom is -0.353 e. The van der Waals surface area contributed by atoms with Crippen LogP contribution >= 0.6 is 0 Å². The lowest BCUT2D eigenvalue weighted by molar-refractivity contribution is -0.155. The number of carbonyl (C=O) groups is 1. The smallest absolute Gasteiger partial charge is 0.157 e. The molecule has 1 heterocycles. The van der Waals surface area contributed by atoms with E-state index in [2.05, 4.69) is 6.08 Å². The van der Waals surface area contributed by atoms with E-state index in [1.54, 1.807) is 0 Å². The third-order valence-electron chi connectivity index (χ3n) is 3.04. The Bertz CT molecular complexity index is 252. The van der Waals surface area contributed by atoms with Gasteiger partial charge in [0, 0.05) is 19.4 Å². The topological polar surface area (TPSA) is 35.5 Å². The number of ketones is 1. The predicted octanol–water partition coefficient (Wildman–Crippen LogP) is 3.24. The van der Waals surface area contributed by atoms with Gasteiger partial charge in [-0.15, -0.1) is 0 Å². The minimum atomic E-state index is -0.0231. The highest BCUT2D eigenvalue weighted by Crippen LogP contribution is 2.14. The number of hydrogen-bond donors (Lipinski definition) is 0. The molecule has 1 unspecified atom stereocenters. The summed E-state index contributed by atoms with van der Waals surface area (Å²) >= 11 is 0. The van der Waals surface area contributed by atoms with Crippen molar-refractivity contribution in [2.45, 2.75) is 58.7 Å². The van der Waals surface area contributed by atoms with Crippen LogP contribution in [0.3, 0.4) is 0 Å². The molecule has 0 saturated carbocycles. The SMILES string of the molecule is CCC(=O)CC/C(C)=C/COC1CCCCO1. The van der Waals surface area contributed by atoms with Crippen molar-refractivity contribution in [1.82, 2.24) is 0 Å². The van der Waals surface area contributed by atoms with E-state index in [-0.39, 0.29) is 6.29 Å². The number of carbonyl (C=O) groups excluding carboxylic acids is 1. The summed E-state index contributed by atoms with van der Waals surface area (Å²) in [6.45, 7) is 5.37. The van der Waals surface area contributed by atoms with Crippen LogP contribution in [0, 0.1) is 0 Å². The fourth-order valence-electron chi connectivity index (χ4n) is 1.76. The third-order valence-corrected chi connectivity index (χ3v) is 3.04. The molecule has 1 saturated heterocycles. The molecule has 1 atom stereocenters. The molecule has 0 spiro atoms. The fraction of sp³-hybridized carbons (Fsp3) is 0.786. The lowest BCUT2D eigenvalue weighted by atomic mass is 10.1. The predicted molar refractivity (Wildman–Crippen MR) is 67.8 cm³/mol. The molecular weight excluding hydrogens is 216 g/mol. The van der Waals surface area contributed by atoms with Crippen LogP contribution in [-0.4, -0.2) is 25.3 Å². The van der Waals surface area contributed by atoms with Gasteiger partial charge in [0.05, 0.1) is 6.61 Å². The molecule has 98 valence electrons. The van der Waals surface area contributed by atoms with Gasteiger partial charge in [-0.25, -0.2) is 0 Å². The summed E-state index contributed by atoms with van der Waals surface area (Å²) in [6, 6.07) is 0. The number of ether oxygens (including phenoxy) is 2. The van der Waals surface area contributed by atoms with E-state index >= 15 is 0 Å². The zero-order valence-electron chi connectivity index (χ0n) is 11.0. The lowest BCUT2D eigenvalue weighted by Crippen LogP contribution is -2.22. The molecule has 1 rings (SSSR count). The molecule has 3 nitrogen and oxygen atoms in total. The summed E-state index contributed by atoms with van der Waals surface area (Å²) in [5.74, 6) is 0.328. The highest BCUT2D eigenvalue weighted by molar-refractivity contribution is 5.78. The van der Waals surface area contributed by atoms with Gasteiger partial charge in [-0.05, 0) is 32.6 Å². The number of allylic oxidation sites excluding steroid dienone is 1. The van der Waals surface area contributed by atoms with Crippen molar-refractivity contribution in [2.24, 2.45) is 0 Å². The first kappa shape index (κ1) is 14.4. The van der Waals surface area contributed by atoms with Crippen molar-refractivity contribution in [1.29, 1.82) is 0 Å². The van der Waals surface area contributed by atoms with E-state index in [0.29, 0.717) is 25.2 Å². The summed E-state index contributed by atoms with van der Waals surface area (Å²) in [7, 11) is 0. The van der Waals surface area contributed by atoms with E-state index in [1.165, 1.54) is 12.0 Å². The van der Waals surface area contributed by atoms with Crippen molar-refractivity contribution < 1.29 is 14.3 Å². The number of Topliss-reactive ketones (excluding diaryl/α,β-unsaturated/α-hetero) is 1. The van der Waals surface area contributed by atoms with Crippen molar-refractivity contribution in [2.75, 3.05) is 13.2 Å². The van der Waals surface area contributed by atoms with Gasteiger partial charge in [-0.2, -0.15) is 0 Å². The van der Waals surface area contributed by atoms with Crippen LogP contribution < -0.4 is 0 Å². The summed E-state index contributed by atoms with van der Waals surface area (Å²) in [5, 5.41) is 0. The second-order valence-electron chi connectivity index (χ2n) is 4.57. The molecule has 0 radical (unpaired) electrons. The standard InChI is InChI=1S/C14H24O3/c1-3-13(15)8-7-12(2)9-11-17-14-6-4-5-10-16-14/h9,14H,3-8,10-11H2,1-2H3/b12-9+. The second kappa shape index (κ2) is 8.43. The van der Waals surface area contributed by atoms with Crippen molar-refractivity contribution >= 4 is 5.78 Å². The Morgan fingerprint density at radius 2 is 2.24 bits per heavy atom. The van der Waals surface area contributed by atoms with Gasteiger partial charge < -0.3 is 9.47 Å². The Balaban J connectivity index is 2.11. The Morgan fingerprint density at radius 1 is 1.41 bits per heavy atom. The first-order valence-electron chi connectivity index (χ1n) is 6.63. The first-order chi connectivity index (χ1) is 8.22. The van der Waals surface area contributed by atoms with Gasteiger partial charge in [-0.3, -0.25) is 4.79 Å². The maximum absolute atomic E-state index is 11.2. The van der Waals surface area contributed by atoms with Crippen LogP contribution in [0.2, 0.25) is 0 Å². The Kier molecular flexibility index (Phi) is 7.13. The molecule has 1 aliphatic heterocycles. The molecular formula is C14H24O3. The molecule has 0 aromatic rings. The zero-order chi connectivity index (χ0) is 12.5. The number of hydrogen-bond acceptors (Lipinski definition) is 3. The molecule has 0 aliphatic carbocycles. The molecule has 1 aliphatic rings. The molecule has 17 heavy (non-hydrogen) atoms. The highest BCUT2D eigenvalue weighted by Gasteiger charge is 2.12. The summed E-state index contributed by atoms with van der Waals surface area (Å²) in [5.41, 5.74) is 1.22. The Hall–Kier alpha value is -0.670. The van der Waals surface area contributed by atoms with Crippen molar-refractivity contribution in [3.8, 4) is 0 Å². The van der Waals surface area contributed by atoms with Crippen molar-refractivity contribution in [3.05, 3.63) is 11.6 Å². The molecule has 0 aromatic carbocycles. The first-order valence-corrected chi connectivity index (χ1v) is 6.63. The van der Waals surface area contributed by atoms with E-state index < -0.39 is 0 Å². The van der Waals surface area contributed by atoms with Crippen LogP contribution in [0.4, 0.5) is 0 Å².